The fraction of sp³-hybridized carbons (Fsp3) is 0.452. The number of carboxylic acids is 2. The largest absolute Gasteiger partial charge is 0.480 e. The number of hydrogen-bond acceptors (Lipinski definition) is 11. The van der Waals surface area contributed by atoms with Crippen molar-refractivity contribution in [3.05, 3.63) is 77.4 Å². The monoisotopic (exact) mass is 852 g/mol. The van der Waals surface area contributed by atoms with Gasteiger partial charge in [-0.15, -0.1) is 0 Å². The molecule has 0 aliphatic heterocycles. The average Bonchev–Trinajstić information content (AvgIpc) is 3.18. The molecule has 0 aliphatic rings. The molecule has 61 heavy (non-hydrogen) atoms. The zero-order valence-corrected chi connectivity index (χ0v) is 34.9. The highest BCUT2D eigenvalue weighted by molar-refractivity contribution is 5.96. The number of amides is 6. The summed E-state index contributed by atoms with van der Waals surface area (Å²) in [6.45, 7) is 8.27. The molecule has 19 heteroatoms. The number of aliphatic carboxylic acids is 2. The Hall–Kier alpha value is -6.79. The van der Waals surface area contributed by atoms with Crippen LogP contribution in [0.2, 0.25) is 0 Å². The molecule has 6 amide bonds. The van der Waals surface area contributed by atoms with Crippen molar-refractivity contribution in [2.45, 2.75) is 115 Å². The Balaban J connectivity index is 1.78. The van der Waals surface area contributed by atoms with E-state index in [0.29, 0.717) is 5.56 Å². The number of primary amides is 1. The van der Waals surface area contributed by atoms with Crippen molar-refractivity contribution in [1.82, 2.24) is 26.6 Å². The number of ether oxygens (including phenoxy) is 2. The minimum absolute atomic E-state index is 0.0225. The van der Waals surface area contributed by atoms with Gasteiger partial charge in [0.25, 0.3) is 0 Å². The molecule has 332 valence electrons. The van der Waals surface area contributed by atoms with Gasteiger partial charge in [-0.1, -0.05) is 60.2 Å². The standard InChI is InChI=1S/C42H56N6O13/c1-25-14-16-27(17-15-25)18-20-32(50)45-26(2)38(54)47-29(37(43)53)19-21-33(51)46-30(39(55)56)13-9-10-24-44-31(49)22-23-34(52)60-36(40(57)58)35(28-11-7-6-8-12-28)48-41(59)61-42(3,4)5/h6-8,11-12,14-18,20,26,29-30,35-36H,9-10,13,19,21-24H2,1-5H3,(H2,43,53)(H,44,49)(H,45,50)(H,46,51)(H,47,54)(H,48,59)(H,55,56)(H,57,58)/b20-18+/t26-,29+,30-,35-,36+/m0/s1. The maximum Gasteiger partial charge on any atom is 0.408 e. The third-order valence-corrected chi connectivity index (χ3v) is 8.64. The number of nitrogens with two attached hydrogens (primary N) is 1. The summed E-state index contributed by atoms with van der Waals surface area (Å²) >= 11 is 0. The maximum atomic E-state index is 12.7. The lowest BCUT2D eigenvalue weighted by Crippen LogP contribution is -2.52. The molecule has 0 aliphatic carbocycles. The molecule has 2 rings (SSSR count). The third-order valence-electron chi connectivity index (χ3n) is 8.64. The van der Waals surface area contributed by atoms with Gasteiger partial charge < -0.3 is 52.0 Å². The van der Waals surface area contributed by atoms with E-state index in [0.717, 1.165) is 11.1 Å². The molecule has 0 bridgehead atoms. The number of alkyl carbamates (subject to hydrolysis) is 1. The van der Waals surface area contributed by atoms with Gasteiger partial charge in [0.15, 0.2) is 0 Å². The minimum Gasteiger partial charge on any atom is -0.480 e. The van der Waals surface area contributed by atoms with Gasteiger partial charge in [0, 0.05) is 25.5 Å². The number of carbonyl (C=O) groups is 9. The van der Waals surface area contributed by atoms with Crippen LogP contribution in [0.1, 0.15) is 95.4 Å². The van der Waals surface area contributed by atoms with Crippen molar-refractivity contribution < 1.29 is 62.8 Å². The molecule has 0 heterocycles. The zero-order valence-electron chi connectivity index (χ0n) is 34.9. The lowest BCUT2D eigenvalue weighted by Gasteiger charge is -2.27. The van der Waals surface area contributed by atoms with E-state index in [9.17, 15) is 53.4 Å². The van der Waals surface area contributed by atoms with Gasteiger partial charge in [0.05, 0.1) is 6.42 Å². The normalized spacial score (nSPS) is 13.6. The Morgan fingerprint density at radius 3 is 2.00 bits per heavy atom. The van der Waals surface area contributed by atoms with Crippen molar-refractivity contribution in [3.63, 3.8) is 0 Å². The van der Waals surface area contributed by atoms with Crippen LogP contribution in [-0.4, -0.2) is 100 Å². The van der Waals surface area contributed by atoms with E-state index in [1.807, 2.05) is 31.2 Å². The lowest BCUT2D eigenvalue weighted by atomic mass is 10.0. The van der Waals surface area contributed by atoms with Crippen molar-refractivity contribution >= 4 is 59.6 Å². The predicted molar refractivity (Wildman–Crippen MR) is 220 cm³/mol. The maximum absolute atomic E-state index is 12.7. The molecular weight excluding hydrogens is 796 g/mol. The highest BCUT2D eigenvalue weighted by atomic mass is 16.6. The summed E-state index contributed by atoms with van der Waals surface area (Å²) in [6.07, 6.45) is -0.920. The second-order valence-electron chi connectivity index (χ2n) is 15.1. The SMILES string of the molecule is Cc1ccc(/C=C/C(=O)N[C@@H](C)C(=O)N[C@H](CCC(=O)N[C@@H](CCCCNC(=O)CCC(=O)O[C@@H](C(=O)O)[C@@H](NC(=O)OC(C)(C)C)c2ccccc2)C(=O)O)C(N)=O)cc1. The molecular formula is C42H56N6O13. The first-order chi connectivity index (χ1) is 28.6. The Bertz CT molecular complexity index is 1880. The van der Waals surface area contributed by atoms with Crippen LogP contribution in [0.4, 0.5) is 4.79 Å². The quantitative estimate of drug-likeness (QED) is 0.0427. The van der Waals surface area contributed by atoms with Crippen LogP contribution in [-0.2, 0) is 47.8 Å². The summed E-state index contributed by atoms with van der Waals surface area (Å²) < 4.78 is 10.4. The molecule has 0 spiro atoms. The molecule has 0 saturated carbocycles. The summed E-state index contributed by atoms with van der Waals surface area (Å²) in [4.78, 5) is 111. The van der Waals surface area contributed by atoms with Crippen LogP contribution < -0.4 is 32.3 Å². The highest BCUT2D eigenvalue weighted by Crippen LogP contribution is 2.22. The van der Waals surface area contributed by atoms with Crippen LogP contribution in [0, 0.1) is 6.92 Å². The number of benzene rings is 2. The van der Waals surface area contributed by atoms with Crippen molar-refractivity contribution in [2.24, 2.45) is 5.73 Å². The first-order valence-electron chi connectivity index (χ1n) is 19.6. The second-order valence-corrected chi connectivity index (χ2v) is 15.1. The summed E-state index contributed by atoms with van der Waals surface area (Å²) in [5.74, 6) is -7.41. The Kier molecular flexibility index (Phi) is 20.6. The number of nitrogens with one attached hydrogen (secondary N) is 5. The van der Waals surface area contributed by atoms with Crippen LogP contribution in [0.15, 0.2) is 60.7 Å². The first kappa shape index (κ1) is 50.4. The van der Waals surface area contributed by atoms with E-state index < -0.39 is 95.8 Å². The number of esters is 1. The summed E-state index contributed by atoms with van der Waals surface area (Å²) in [5.41, 5.74) is 6.67. The van der Waals surface area contributed by atoms with Crippen LogP contribution in [0.25, 0.3) is 6.08 Å². The fourth-order valence-electron chi connectivity index (χ4n) is 5.45. The molecule has 0 unspecified atom stereocenters. The highest BCUT2D eigenvalue weighted by Gasteiger charge is 2.36. The molecule has 2 aromatic rings. The van der Waals surface area contributed by atoms with Gasteiger partial charge in [-0.25, -0.2) is 14.4 Å². The van der Waals surface area contributed by atoms with Crippen molar-refractivity contribution in [3.8, 4) is 0 Å². The third kappa shape index (κ3) is 20.2. The summed E-state index contributed by atoms with van der Waals surface area (Å²) in [6, 6.07) is 10.4. The van der Waals surface area contributed by atoms with Gasteiger partial charge in [-0.05, 0) is 77.5 Å². The fourth-order valence-corrected chi connectivity index (χ4v) is 5.45. The predicted octanol–water partition coefficient (Wildman–Crippen LogP) is 2.16. The number of aryl methyl sites for hydroxylation is 1. The number of unbranched alkanes of at least 4 members (excludes halogenated alkanes) is 1. The van der Waals surface area contributed by atoms with Crippen LogP contribution in [0.3, 0.4) is 0 Å². The van der Waals surface area contributed by atoms with E-state index in [1.54, 1.807) is 45.0 Å². The lowest BCUT2D eigenvalue weighted by molar-refractivity contribution is -0.166. The van der Waals surface area contributed by atoms with Gasteiger partial charge in [0.1, 0.15) is 29.8 Å². The summed E-state index contributed by atoms with van der Waals surface area (Å²) in [7, 11) is 0. The number of rotatable bonds is 24. The van der Waals surface area contributed by atoms with E-state index in [4.69, 9.17) is 15.2 Å². The first-order valence-corrected chi connectivity index (χ1v) is 19.6. The Morgan fingerprint density at radius 1 is 0.754 bits per heavy atom. The Labute approximate surface area is 353 Å². The molecule has 2 aromatic carbocycles. The number of carbonyl (C=O) groups excluding carboxylic acids is 7. The van der Waals surface area contributed by atoms with Crippen LogP contribution >= 0.6 is 0 Å². The smallest absolute Gasteiger partial charge is 0.408 e. The summed E-state index contributed by atoms with van der Waals surface area (Å²) in [5, 5.41) is 31.8. The molecule has 0 saturated heterocycles. The molecule has 0 fully saturated rings. The van der Waals surface area contributed by atoms with E-state index >= 15 is 0 Å². The molecule has 5 atom stereocenters. The van der Waals surface area contributed by atoms with Crippen molar-refractivity contribution in [2.75, 3.05) is 6.54 Å². The average molecular weight is 853 g/mol. The van der Waals surface area contributed by atoms with E-state index in [-0.39, 0.29) is 45.1 Å². The van der Waals surface area contributed by atoms with Gasteiger partial charge in [-0.3, -0.25) is 28.8 Å². The zero-order chi connectivity index (χ0) is 45.7. The van der Waals surface area contributed by atoms with Crippen LogP contribution in [0.5, 0.6) is 0 Å². The van der Waals surface area contributed by atoms with Crippen molar-refractivity contribution in [1.29, 1.82) is 0 Å². The van der Waals surface area contributed by atoms with E-state index in [2.05, 4.69) is 26.6 Å². The van der Waals surface area contributed by atoms with Gasteiger partial charge in [0.2, 0.25) is 35.6 Å². The van der Waals surface area contributed by atoms with E-state index in [1.165, 1.54) is 25.1 Å². The minimum atomic E-state index is -1.86. The molecule has 19 nitrogen and oxygen atoms in total. The molecule has 0 radical (unpaired) electrons. The number of hydrogen-bond donors (Lipinski definition) is 8. The number of carboxylic acid groups (broad SMARTS) is 2. The van der Waals surface area contributed by atoms with Gasteiger partial charge >= 0.3 is 24.0 Å². The topological polar surface area (TPSA) is 299 Å². The van der Waals surface area contributed by atoms with Gasteiger partial charge in [-0.2, -0.15) is 0 Å². The molecule has 9 N–H and O–H groups in total. The Morgan fingerprint density at radius 2 is 1.41 bits per heavy atom. The molecule has 0 aromatic heterocycles. The second kappa shape index (κ2) is 25.0.